The molecule has 22 heavy (non-hydrogen) atoms. The minimum Gasteiger partial charge on any atom is -0.497 e. The maximum atomic E-state index is 12.0. The monoisotopic (exact) mass is 305 g/mol. The standard InChI is InChI=1S/C17H23NO4/c1-21-15-9-3-12(16(11-15)22-2)4-10-17(20)18-13-5-7-14(19)8-6-13/h3-4,9-11,13-14,19H,5-8H2,1-2H3,(H,18,20)/b10-4+. The molecule has 2 rings (SSSR count). The Kier molecular flexibility index (Phi) is 5.83. The van der Waals surface area contributed by atoms with Crippen molar-refractivity contribution in [2.24, 2.45) is 0 Å². The van der Waals surface area contributed by atoms with E-state index in [1.54, 1.807) is 26.4 Å². The van der Waals surface area contributed by atoms with E-state index in [0.29, 0.717) is 11.5 Å². The summed E-state index contributed by atoms with van der Waals surface area (Å²) in [6, 6.07) is 5.60. The SMILES string of the molecule is COc1ccc(/C=C/C(=O)NC2CCC(O)CC2)c(OC)c1. The minimum absolute atomic E-state index is 0.126. The molecule has 0 atom stereocenters. The van der Waals surface area contributed by atoms with Crippen LogP contribution < -0.4 is 14.8 Å². The second kappa shape index (κ2) is 7.84. The van der Waals surface area contributed by atoms with Crippen molar-refractivity contribution in [2.45, 2.75) is 37.8 Å². The molecule has 1 saturated carbocycles. The number of nitrogens with one attached hydrogen (secondary N) is 1. The molecule has 1 aromatic carbocycles. The van der Waals surface area contributed by atoms with Gasteiger partial charge in [0.15, 0.2) is 0 Å². The zero-order chi connectivity index (χ0) is 15.9. The average Bonchev–Trinajstić information content (AvgIpc) is 2.55. The van der Waals surface area contributed by atoms with Gasteiger partial charge in [0, 0.05) is 23.7 Å². The van der Waals surface area contributed by atoms with Gasteiger partial charge in [-0.1, -0.05) is 0 Å². The zero-order valence-corrected chi connectivity index (χ0v) is 13.0. The molecule has 120 valence electrons. The van der Waals surface area contributed by atoms with Crippen LogP contribution in [0.3, 0.4) is 0 Å². The van der Waals surface area contributed by atoms with E-state index in [-0.39, 0.29) is 18.1 Å². The van der Waals surface area contributed by atoms with Crippen molar-refractivity contribution < 1.29 is 19.4 Å². The third-order valence-electron chi connectivity index (χ3n) is 3.90. The number of hydrogen-bond donors (Lipinski definition) is 2. The number of carbonyl (C=O) groups excluding carboxylic acids is 1. The van der Waals surface area contributed by atoms with Gasteiger partial charge >= 0.3 is 0 Å². The van der Waals surface area contributed by atoms with Gasteiger partial charge in [-0.3, -0.25) is 4.79 Å². The van der Waals surface area contributed by atoms with E-state index in [1.807, 2.05) is 12.1 Å². The predicted molar refractivity (Wildman–Crippen MR) is 85.0 cm³/mol. The van der Waals surface area contributed by atoms with E-state index in [4.69, 9.17) is 9.47 Å². The van der Waals surface area contributed by atoms with Gasteiger partial charge in [0.25, 0.3) is 0 Å². The van der Waals surface area contributed by atoms with E-state index in [2.05, 4.69) is 5.32 Å². The highest BCUT2D eigenvalue weighted by atomic mass is 16.5. The highest BCUT2D eigenvalue weighted by Gasteiger charge is 2.19. The summed E-state index contributed by atoms with van der Waals surface area (Å²) >= 11 is 0. The van der Waals surface area contributed by atoms with Crippen LogP contribution >= 0.6 is 0 Å². The number of methoxy groups -OCH3 is 2. The van der Waals surface area contributed by atoms with Crippen molar-refractivity contribution in [3.63, 3.8) is 0 Å². The zero-order valence-electron chi connectivity index (χ0n) is 13.0. The molecule has 0 heterocycles. The largest absolute Gasteiger partial charge is 0.497 e. The molecular formula is C17H23NO4. The minimum atomic E-state index is -0.216. The van der Waals surface area contributed by atoms with Crippen LogP contribution in [0.2, 0.25) is 0 Å². The summed E-state index contributed by atoms with van der Waals surface area (Å²) in [6.45, 7) is 0. The van der Waals surface area contributed by atoms with Crippen LogP contribution in [0, 0.1) is 0 Å². The number of amides is 1. The Morgan fingerprint density at radius 3 is 2.59 bits per heavy atom. The molecule has 1 fully saturated rings. The molecule has 0 aromatic heterocycles. The van der Waals surface area contributed by atoms with Crippen LogP contribution in [0.25, 0.3) is 6.08 Å². The van der Waals surface area contributed by atoms with Gasteiger partial charge < -0.3 is 19.9 Å². The number of aliphatic hydroxyl groups excluding tert-OH is 1. The maximum Gasteiger partial charge on any atom is 0.244 e. The first-order valence-corrected chi connectivity index (χ1v) is 7.51. The molecule has 1 aromatic rings. The number of hydrogen-bond acceptors (Lipinski definition) is 4. The smallest absolute Gasteiger partial charge is 0.244 e. The predicted octanol–water partition coefficient (Wildman–Crippen LogP) is 2.14. The molecule has 2 N–H and O–H groups in total. The van der Waals surface area contributed by atoms with E-state index in [9.17, 15) is 9.90 Å². The van der Waals surface area contributed by atoms with Gasteiger partial charge in [-0.05, 0) is 43.9 Å². The lowest BCUT2D eigenvalue weighted by molar-refractivity contribution is -0.117. The number of ether oxygens (including phenoxy) is 2. The van der Waals surface area contributed by atoms with Crippen molar-refractivity contribution in [3.05, 3.63) is 29.8 Å². The summed E-state index contributed by atoms with van der Waals surface area (Å²) in [4.78, 5) is 12.0. The number of benzene rings is 1. The van der Waals surface area contributed by atoms with Crippen molar-refractivity contribution in [1.82, 2.24) is 5.32 Å². The third kappa shape index (κ3) is 4.49. The first-order valence-electron chi connectivity index (χ1n) is 7.51. The first kappa shape index (κ1) is 16.4. The first-order chi connectivity index (χ1) is 10.6. The van der Waals surface area contributed by atoms with Gasteiger partial charge in [-0.25, -0.2) is 0 Å². The number of carbonyl (C=O) groups is 1. The molecule has 1 amide bonds. The van der Waals surface area contributed by atoms with Crippen LogP contribution in [0.1, 0.15) is 31.2 Å². The number of rotatable bonds is 5. The number of aliphatic hydroxyl groups is 1. The Labute approximate surface area is 130 Å². The summed E-state index contributed by atoms with van der Waals surface area (Å²) in [5.74, 6) is 1.24. The molecule has 0 radical (unpaired) electrons. The summed E-state index contributed by atoms with van der Waals surface area (Å²) in [6.07, 6.45) is 6.18. The third-order valence-corrected chi connectivity index (χ3v) is 3.90. The molecule has 0 aliphatic heterocycles. The fraction of sp³-hybridized carbons (Fsp3) is 0.471. The molecule has 5 nitrogen and oxygen atoms in total. The lowest BCUT2D eigenvalue weighted by Crippen LogP contribution is -2.37. The molecule has 5 heteroatoms. The topological polar surface area (TPSA) is 67.8 Å². The van der Waals surface area contributed by atoms with Crippen LogP contribution in [0.5, 0.6) is 11.5 Å². The lowest BCUT2D eigenvalue weighted by Gasteiger charge is -2.25. The highest BCUT2D eigenvalue weighted by Crippen LogP contribution is 2.25. The van der Waals surface area contributed by atoms with E-state index in [1.165, 1.54) is 6.08 Å². The van der Waals surface area contributed by atoms with E-state index < -0.39 is 0 Å². The van der Waals surface area contributed by atoms with Gasteiger partial charge in [0.1, 0.15) is 11.5 Å². The molecule has 0 unspecified atom stereocenters. The van der Waals surface area contributed by atoms with Crippen LogP contribution in [-0.4, -0.2) is 37.4 Å². The van der Waals surface area contributed by atoms with Crippen molar-refractivity contribution in [1.29, 1.82) is 0 Å². The second-order valence-corrected chi connectivity index (χ2v) is 5.46. The van der Waals surface area contributed by atoms with Crippen LogP contribution in [-0.2, 0) is 4.79 Å². The Bertz CT molecular complexity index is 533. The quantitative estimate of drug-likeness (QED) is 0.818. The Hall–Kier alpha value is -2.01. The summed E-state index contributed by atoms with van der Waals surface area (Å²) in [5.41, 5.74) is 0.817. The van der Waals surface area contributed by atoms with Crippen LogP contribution in [0.15, 0.2) is 24.3 Å². The lowest BCUT2D eigenvalue weighted by atomic mass is 9.93. The maximum absolute atomic E-state index is 12.0. The van der Waals surface area contributed by atoms with Gasteiger partial charge in [-0.15, -0.1) is 0 Å². The summed E-state index contributed by atoms with van der Waals surface area (Å²) in [7, 11) is 3.18. The summed E-state index contributed by atoms with van der Waals surface area (Å²) in [5, 5.41) is 12.4. The van der Waals surface area contributed by atoms with E-state index in [0.717, 1.165) is 31.2 Å². The Morgan fingerprint density at radius 1 is 1.23 bits per heavy atom. The Morgan fingerprint density at radius 2 is 1.95 bits per heavy atom. The molecule has 1 aliphatic carbocycles. The van der Waals surface area contributed by atoms with E-state index >= 15 is 0 Å². The van der Waals surface area contributed by atoms with Crippen molar-refractivity contribution in [2.75, 3.05) is 14.2 Å². The molecule has 1 aliphatic rings. The molecular weight excluding hydrogens is 282 g/mol. The summed E-state index contributed by atoms with van der Waals surface area (Å²) < 4.78 is 10.4. The normalized spacial score (nSPS) is 21.6. The molecule has 0 spiro atoms. The van der Waals surface area contributed by atoms with Crippen molar-refractivity contribution >= 4 is 12.0 Å². The average molecular weight is 305 g/mol. The molecule has 0 saturated heterocycles. The highest BCUT2D eigenvalue weighted by molar-refractivity contribution is 5.92. The fourth-order valence-electron chi connectivity index (χ4n) is 2.59. The second-order valence-electron chi connectivity index (χ2n) is 5.46. The molecule has 0 bridgehead atoms. The van der Waals surface area contributed by atoms with Gasteiger partial charge in [0.2, 0.25) is 5.91 Å². The Balaban J connectivity index is 1.94. The fourth-order valence-corrected chi connectivity index (χ4v) is 2.59. The van der Waals surface area contributed by atoms with Gasteiger partial charge in [0.05, 0.1) is 20.3 Å². The van der Waals surface area contributed by atoms with Crippen molar-refractivity contribution in [3.8, 4) is 11.5 Å². The van der Waals surface area contributed by atoms with Gasteiger partial charge in [-0.2, -0.15) is 0 Å². The van der Waals surface area contributed by atoms with Crippen LogP contribution in [0.4, 0.5) is 0 Å².